The summed E-state index contributed by atoms with van der Waals surface area (Å²) in [5.41, 5.74) is 3.60. The minimum absolute atomic E-state index is 0.184. The van der Waals surface area contributed by atoms with E-state index in [9.17, 15) is 4.79 Å². The van der Waals surface area contributed by atoms with Gasteiger partial charge in [-0.3, -0.25) is 4.79 Å². The number of rotatable bonds is 4. The standard InChI is InChI=1S/C22H28N4O/c27-21(18-6-7-18)26-13-9-19-20(24-16-23-19)22(26)10-14-25(15-11-22)12-8-17-4-2-1-3-5-17/h1-5,16,18H,6-15H2,(H,23,24). The molecule has 1 amide bonds. The zero-order valence-corrected chi connectivity index (χ0v) is 15.9. The molecule has 5 nitrogen and oxygen atoms in total. The number of aromatic nitrogens is 2. The van der Waals surface area contributed by atoms with Gasteiger partial charge in [0.2, 0.25) is 5.91 Å². The first-order valence-electron chi connectivity index (χ1n) is 10.4. The number of likely N-dealkylation sites (tertiary alicyclic amines) is 1. The molecule has 1 aliphatic carbocycles. The molecule has 27 heavy (non-hydrogen) atoms. The van der Waals surface area contributed by atoms with Crippen molar-refractivity contribution in [2.75, 3.05) is 26.2 Å². The normalized spacial score (nSPS) is 22.0. The maximum atomic E-state index is 13.0. The third-order valence-corrected chi connectivity index (χ3v) is 6.70. The van der Waals surface area contributed by atoms with Gasteiger partial charge in [0.05, 0.1) is 17.6 Å². The van der Waals surface area contributed by atoms with Crippen molar-refractivity contribution in [3.63, 3.8) is 0 Å². The molecule has 5 rings (SSSR count). The Balaban J connectivity index is 1.31. The SMILES string of the molecule is O=C(C1CC1)N1CCc2[nH]cnc2C12CCN(CCc1ccccc1)CC2. The van der Waals surface area contributed by atoms with Gasteiger partial charge in [-0.1, -0.05) is 30.3 Å². The van der Waals surface area contributed by atoms with Crippen LogP contribution in [-0.2, 0) is 23.2 Å². The predicted molar refractivity (Wildman–Crippen MR) is 104 cm³/mol. The number of H-pyrrole nitrogens is 1. The van der Waals surface area contributed by atoms with Crippen LogP contribution in [0.25, 0.3) is 0 Å². The van der Waals surface area contributed by atoms with Crippen LogP contribution in [0.15, 0.2) is 36.7 Å². The zero-order valence-electron chi connectivity index (χ0n) is 15.9. The third-order valence-electron chi connectivity index (χ3n) is 6.70. The molecule has 0 radical (unpaired) electrons. The van der Waals surface area contributed by atoms with Gasteiger partial charge in [-0.25, -0.2) is 4.98 Å². The van der Waals surface area contributed by atoms with Crippen LogP contribution in [0.4, 0.5) is 0 Å². The summed E-state index contributed by atoms with van der Waals surface area (Å²) in [6, 6.07) is 10.7. The molecule has 3 aliphatic rings. The average Bonchev–Trinajstić information content (AvgIpc) is 3.45. The van der Waals surface area contributed by atoms with Gasteiger partial charge < -0.3 is 14.8 Å². The number of imidazole rings is 1. The number of aromatic amines is 1. The smallest absolute Gasteiger partial charge is 0.226 e. The molecule has 142 valence electrons. The molecular formula is C22H28N4O. The highest BCUT2D eigenvalue weighted by atomic mass is 16.2. The summed E-state index contributed by atoms with van der Waals surface area (Å²) in [5, 5.41) is 0. The number of hydrogen-bond donors (Lipinski definition) is 1. The summed E-state index contributed by atoms with van der Waals surface area (Å²) >= 11 is 0. The van der Waals surface area contributed by atoms with Crippen molar-refractivity contribution in [3.8, 4) is 0 Å². The second-order valence-corrected chi connectivity index (χ2v) is 8.35. The van der Waals surface area contributed by atoms with Crippen LogP contribution in [0.2, 0.25) is 0 Å². The summed E-state index contributed by atoms with van der Waals surface area (Å²) in [6.07, 6.45) is 7.96. The van der Waals surface area contributed by atoms with Crippen molar-refractivity contribution in [2.24, 2.45) is 5.92 Å². The van der Waals surface area contributed by atoms with E-state index in [4.69, 9.17) is 4.98 Å². The number of carbonyl (C=O) groups excluding carboxylic acids is 1. The van der Waals surface area contributed by atoms with Crippen molar-refractivity contribution >= 4 is 5.91 Å². The Labute approximate surface area is 160 Å². The summed E-state index contributed by atoms with van der Waals surface area (Å²) in [5.74, 6) is 0.653. The number of nitrogens with zero attached hydrogens (tertiary/aromatic N) is 3. The van der Waals surface area contributed by atoms with Crippen molar-refractivity contribution in [2.45, 2.75) is 44.1 Å². The van der Waals surface area contributed by atoms with Gasteiger partial charge in [0, 0.05) is 44.2 Å². The Morgan fingerprint density at radius 1 is 1.15 bits per heavy atom. The van der Waals surface area contributed by atoms with Crippen molar-refractivity contribution in [1.82, 2.24) is 19.8 Å². The van der Waals surface area contributed by atoms with E-state index in [1.165, 1.54) is 11.3 Å². The number of fused-ring (bicyclic) bond motifs is 2. The van der Waals surface area contributed by atoms with Crippen molar-refractivity contribution in [3.05, 3.63) is 53.6 Å². The lowest BCUT2D eigenvalue weighted by atomic mass is 9.78. The number of nitrogens with one attached hydrogen (secondary N) is 1. The fourth-order valence-corrected chi connectivity index (χ4v) is 4.94. The fraction of sp³-hybridized carbons (Fsp3) is 0.545. The first-order valence-corrected chi connectivity index (χ1v) is 10.4. The number of benzene rings is 1. The van der Waals surface area contributed by atoms with E-state index in [0.717, 1.165) is 70.4 Å². The van der Waals surface area contributed by atoms with Gasteiger partial charge in [-0.2, -0.15) is 0 Å². The quantitative estimate of drug-likeness (QED) is 0.908. The van der Waals surface area contributed by atoms with E-state index in [0.29, 0.717) is 5.91 Å². The van der Waals surface area contributed by atoms with E-state index in [1.54, 1.807) is 0 Å². The minimum atomic E-state index is -0.184. The lowest BCUT2D eigenvalue weighted by molar-refractivity contribution is -0.143. The minimum Gasteiger partial charge on any atom is -0.348 e. The molecule has 1 saturated carbocycles. The number of hydrogen-bond acceptors (Lipinski definition) is 3. The average molecular weight is 364 g/mol. The lowest BCUT2D eigenvalue weighted by Gasteiger charge is -2.50. The van der Waals surface area contributed by atoms with E-state index in [2.05, 4.69) is 45.1 Å². The predicted octanol–water partition coefficient (Wildman–Crippen LogP) is 2.74. The molecule has 2 fully saturated rings. The molecule has 2 aromatic rings. The molecule has 5 heteroatoms. The van der Waals surface area contributed by atoms with Crippen LogP contribution in [-0.4, -0.2) is 51.9 Å². The summed E-state index contributed by atoms with van der Waals surface area (Å²) < 4.78 is 0. The largest absolute Gasteiger partial charge is 0.348 e. The zero-order chi connectivity index (χ0) is 18.3. The van der Waals surface area contributed by atoms with E-state index >= 15 is 0 Å². The fourth-order valence-electron chi connectivity index (χ4n) is 4.94. The first kappa shape index (κ1) is 17.0. The van der Waals surface area contributed by atoms with E-state index in [-0.39, 0.29) is 11.5 Å². The summed E-state index contributed by atoms with van der Waals surface area (Å²) in [7, 11) is 0. The Hall–Kier alpha value is -2.14. The molecule has 1 saturated heterocycles. The molecule has 0 atom stereocenters. The van der Waals surface area contributed by atoms with Crippen LogP contribution in [0.5, 0.6) is 0 Å². The molecule has 1 aromatic heterocycles. The summed E-state index contributed by atoms with van der Waals surface area (Å²) in [4.78, 5) is 25.8. The van der Waals surface area contributed by atoms with Crippen molar-refractivity contribution < 1.29 is 4.79 Å². The first-order chi connectivity index (χ1) is 13.3. The van der Waals surface area contributed by atoms with Crippen LogP contribution in [0.3, 0.4) is 0 Å². The molecule has 2 aliphatic heterocycles. The topological polar surface area (TPSA) is 52.2 Å². The Morgan fingerprint density at radius 2 is 1.93 bits per heavy atom. The molecule has 1 N–H and O–H groups in total. The second-order valence-electron chi connectivity index (χ2n) is 8.35. The Kier molecular flexibility index (Phi) is 4.27. The van der Waals surface area contributed by atoms with Gasteiger partial charge in [-0.05, 0) is 37.7 Å². The number of piperidine rings is 1. The highest BCUT2D eigenvalue weighted by Crippen LogP contribution is 2.45. The number of carbonyl (C=O) groups is 1. The molecule has 1 aromatic carbocycles. The van der Waals surface area contributed by atoms with Gasteiger partial charge in [0.15, 0.2) is 0 Å². The molecular weight excluding hydrogens is 336 g/mol. The molecule has 3 heterocycles. The number of amides is 1. The summed E-state index contributed by atoms with van der Waals surface area (Å²) in [6.45, 7) is 4.00. The van der Waals surface area contributed by atoms with Gasteiger partial charge in [0.25, 0.3) is 0 Å². The van der Waals surface area contributed by atoms with E-state index in [1.807, 2.05) is 6.33 Å². The van der Waals surface area contributed by atoms with Crippen LogP contribution in [0.1, 0.15) is 42.6 Å². The van der Waals surface area contributed by atoms with Gasteiger partial charge >= 0.3 is 0 Å². The highest BCUT2D eigenvalue weighted by molar-refractivity contribution is 5.82. The Morgan fingerprint density at radius 3 is 2.67 bits per heavy atom. The maximum Gasteiger partial charge on any atom is 0.226 e. The van der Waals surface area contributed by atoms with Crippen LogP contribution in [0, 0.1) is 5.92 Å². The van der Waals surface area contributed by atoms with Crippen LogP contribution >= 0.6 is 0 Å². The van der Waals surface area contributed by atoms with Gasteiger partial charge in [-0.15, -0.1) is 0 Å². The molecule has 0 bridgehead atoms. The van der Waals surface area contributed by atoms with E-state index < -0.39 is 0 Å². The van der Waals surface area contributed by atoms with Crippen molar-refractivity contribution in [1.29, 1.82) is 0 Å². The van der Waals surface area contributed by atoms with Crippen LogP contribution < -0.4 is 0 Å². The lowest BCUT2D eigenvalue weighted by Crippen LogP contribution is -2.58. The second kappa shape index (κ2) is 6.79. The highest BCUT2D eigenvalue weighted by Gasteiger charge is 2.50. The molecule has 0 unspecified atom stereocenters. The Bertz CT molecular complexity index is 803. The monoisotopic (exact) mass is 364 g/mol. The third kappa shape index (κ3) is 3.08. The van der Waals surface area contributed by atoms with Gasteiger partial charge in [0.1, 0.15) is 0 Å². The molecule has 1 spiro atoms. The maximum absolute atomic E-state index is 13.0.